The number of unbranched alkanes of at least 4 members (excludes halogenated alkanes) is 1. The molecular formula is C30H33ClN4O6. The van der Waals surface area contributed by atoms with Crippen LogP contribution in [0.1, 0.15) is 48.7 Å². The molecule has 0 saturated carbocycles. The van der Waals surface area contributed by atoms with Crippen LogP contribution < -0.4 is 15.9 Å². The normalized spacial score (nSPS) is 11.0. The fraction of sp³-hybridized carbons (Fsp3) is 0.267. The minimum absolute atomic E-state index is 0.00197. The standard InChI is InChI=1S/C30H33ClN4O6/c1-3-41-30(39)25(11-7-8-12-27(32)36)35(28(37)18-13-20-9-5-4-6-10-20)34-29(38)24-16-15-23(33-24)22-19-21(31)14-17-26(22)40-2/h4-6,9-11,14-17,19,33H,3,7-8,12-13,18H2,1-2H3,(H2,32,36)(H,34,38)/b25-11-. The first kappa shape index (κ1) is 31.0. The first-order chi connectivity index (χ1) is 19.7. The fourth-order valence-electron chi connectivity index (χ4n) is 3.99. The van der Waals surface area contributed by atoms with Gasteiger partial charge in [0.05, 0.1) is 13.7 Å². The van der Waals surface area contributed by atoms with E-state index in [-0.39, 0.29) is 37.3 Å². The van der Waals surface area contributed by atoms with Crippen molar-refractivity contribution in [3.8, 4) is 17.0 Å². The highest BCUT2D eigenvalue weighted by Gasteiger charge is 2.27. The summed E-state index contributed by atoms with van der Waals surface area (Å²) < 4.78 is 10.6. The molecule has 0 aliphatic rings. The van der Waals surface area contributed by atoms with Crippen LogP contribution in [0.4, 0.5) is 0 Å². The Kier molecular flexibility index (Phi) is 11.5. The van der Waals surface area contributed by atoms with Crippen LogP contribution in [0.15, 0.2) is 72.4 Å². The molecule has 0 unspecified atom stereocenters. The Balaban J connectivity index is 1.90. The molecular weight excluding hydrogens is 548 g/mol. The number of aryl methyl sites for hydroxylation is 1. The molecule has 3 rings (SSSR count). The first-order valence-corrected chi connectivity index (χ1v) is 13.5. The Morgan fingerprint density at radius 2 is 1.80 bits per heavy atom. The number of carbonyl (C=O) groups excluding carboxylic acids is 4. The second-order valence-electron chi connectivity index (χ2n) is 8.95. The van der Waals surface area contributed by atoms with E-state index >= 15 is 0 Å². The summed E-state index contributed by atoms with van der Waals surface area (Å²) >= 11 is 6.16. The number of hydrazine groups is 1. The molecule has 41 heavy (non-hydrogen) atoms. The lowest BCUT2D eigenvalue weighted by Crippen LogP contribution is -2.47. The summed E-state index contributed by atoms with van der Waals surface area (Å²) in [6.07, 6.45) is 2.52. The average Bonchev–Trinajstić information content (AvgIpc) is 3.46. The van der Waals surface area contributed by atoms with Crippen molar-refractivity contribution in [2.75, 3.05) is 13.7 Å². The number of hydrogen-bond acceptors (Lipinski definition) is 6. The maximum absolute atomic E-state index is 13.5. The number of H-pyrrole nitrogens is 1. The molecule has 10 nitrogen and oxygen atoms in total. The average molecular weight is 581 g/mol. The summed E-state index contributed by atoms with van der Waals surface area (Å²) in [6, 6.07) is 17.7. The third-order valence-corrected chi connectivity index (χ3v) is 6.24. The van der Waals surface area contributed by atoms with Crippen molar-refractivity contribution in [3.05, 3.63) is 88.7 Å². The molecule has 3 amide bonds. The summed E-state index contributed by atoms with van der Waals surface area (Å²) in [5.41, 5.74) is 9.86. The molecule has 1 heterocycles. The van der Waals surface area contributed by atoms with Crippen LogP contribution in [0.3, 0.4) is 0 Å². The Hall–Kier alpha value is -4.57. The van der Waals surface area contributed by atoms with Gasteiger partial charge in [0.15, 0.2) is 0 Å². The van der Waals surface area contributed by atoms with E-state index in [9.17, 15) is 19.2 Å². The van der Waals surface area contributed by atoms with Gasteiger partial charge in [0, 0.05) is 29.1 Å². The molecule has 0 atom stereocenters. The van der Waals surface area contributed by atoms with Crippen molar-refractivity contribution >= 4 is 35.3 Å². The van der Waals surface area contributed by atoms with Gasteiger partial charge in [0.1, 0.15) is 17.1 Å². The van der Waals surface area contributed by atoms with Gasteiger partial charge in [-0.3, -0.25) is 19.8 Å². The van der Waals surface area contributed by atoms with Crippen LogP contribution >= 0.6 is 11.6 Å². The number of allylic oxidation sites excluding steroid dienone is 1. The zero-order valence-electron chi connectivity index (χ0n) is 22.9. The maximum Gasteiger partial charge on any atom is 0.356 e. The minimum Gasteiger partial charge on any atom is -0.496 e. The van der Waals surface area contributed by atoms with Gasteiger partial charge >= 0.3 is 5.97 Å². The first-order valence-electron chi connectivity index (χ1n) is 13.1. The van der Waals surface area contributed by atoms with Gasteiger partial charge in [0.25, 0.3) is 5.91 Å². The number of hydrogen-bond donors (Lipinski definition) is 3. The molecule has 0 aliphatic carbocycles. The number of aromatic amines is 1. The van der Waals surface area contributed by atoms with E-state index in [1.807, 2.05) is 30.3 Å². The number of halogens is 1. The molecule has 4 N–H and O–H groups in total. The summed E-state index contributed by atoms with van der Waals surface area (Å²) in [6.45, 7) is 1.69. The van der Waals surface area contributed by atoms with E-state index in [0.29, 0.717) is 34.9 Å². The number of nitrogens with two attached hydrogens (primary N) is 1. The third kappa shape index (κ3) is 8.97. The van der Waals surface area contributed by atoms with E-state index in [4.69, 9.17) is 26.8 Å². The van der Waals surface area contributed by atoms with E-state index in [0.717, 1.165) is 10.6 Å². The van der Waals surface area contributed by atoms with E-state index in [1.54, 1.807) is 31.2 Å². The molecule has 0 radical (unpaired) electrons. The smallest absolute Gasteiger partial charge is 0.356 e. The summed E-state index contributed by atoms with van der Waals surface area (Å²) in [5, 5.41) is 1.39. The van der Waals surface area contributed by atoms with Gasteiger partial charge < -0.3 is 20.2 Å². The molecule has 3 aromatic rings. The molecule has 11 heteroatoms. The van der Waals surface area contributed by atoms with Gasteiger partial charge in [-0.15, -0.1) is 0 Å². The molecule has 0 fully saturated rings. The number of rotatable bonds is 13. The number of primary amides is 1. The van der Waals surface area contributed by atoms with Crippen LogP contribution in [0.2, 0.25) is 5.02 Å². The zero-order valence-corrected chi connectivity index (χ0v) is 23.7. The van der Waals surface area contributed by atoms with Crippen LogP contribution in [-0.4, -0.2) is 47.4 Å². The zero-order chi connectivity index (χ0) is 29.8. The van der Waals surface area contributed by atoms with E-state index in [1.165, 1.54) is 19.3 Å². The fourth-order valence-corrected chi connectivity index (χ4v) is 4.16. The minimum atomic E-state index is -0.796. The van der Waals surface area contributed by atoms with Gasteiger partial charge in [0.2, 0.25) is 11.8 Å². The van der Waals surface area contributed by atoms with Crippen molar-refractivity contribution in [1.82, 2.24) is 15.4 Å². The molecule has 2 aromatic carbocycles. The molecule has 0 aliphatic heterocycles. The number of amides is 3. The van der Waals surface area contributed by atoms with Gasteiger partial charge in [-0.1, -0.05) is 48.0 Å². The molecule has 1 aromatic heterocycles. The molecule has 0 saturated heterocycles. The lowest BCUT2D eigenvalue weighted by Gasteiger charge is -2.25. The van der Waals surface area contributed by atoms with Gasteiger partial charge in [-0.25, -0.2) is 9.80 Å². The van der Waals surface area contributed by atoms with Crippen LogP contribution in [0.5, 0.6) is 5.75 Å². The lowest BCUT2D eigenvalue weighted by atomic mass is 10.1. The Bertz CT molecular complexity index is 1400. The largest absolute Gasteiger partial charge is 0.496 e. The highest BCUT2D eigenvalue weighted by Crippen LogP contribution is 2.32. The Morgan fingerprint density at radius 1 is 1.05 bits per heavy atom. The number of aromatic nitrogens is 1. The molecule has 216 valence electrons. The van der Waals surface area contributed by atoms with Gasteiger partial charge in [-0.05, 0) is 62.1 Å². The van der Waals surface area contributed by atoms with Crippen molar-refractivity contribution in [3.63, 3.8) is 0 Å². The summed E-state index contributed by atoms with van der Waals surface area (Å²) in [7, 11) is 1.52. The molecule has 0 bridgehead atoms. The topological polar surface area (TPSA) is 144 Å². The lowest BCUT2D eigenvalue weighted by molar-refractivity contribution is -0.145. The van der Waals surface area contributed by atoms with Crippen molar-refractivity contribution in [1.29, 1.82) is 0 Å². The maximum atomic E-state index is 13.5. The summed E-state index contributed by atoms with van der Waals surface area (Å²) in [4.78, 5) is 54.0. The Morgan fingerprint density at radius 3 is 2.49 bits per heavy atom. The van der Waals surface area contributed by atoms with Crippen molar-refractivity contribution < 1.29 is 28.7 Å². The number of esters is 1. The molecule has 0 spiro atoms. The number of nitrogens with one attached hydrogen (secondary N) is 2. The van der Waals surface area contributed by atoms with Crippen LogP contribution in [0, 0.1) is 0 Å². The Labute approximate surface area is 243 Å². The second-order valence-corrected chi connectivity index (χ2v) is 9.39. The quantitative estimate of drug-likeness (QED) is 0.117. The van der Waals surface area contributed by atoms with Gasteiger partial charge in [-0.2, -0.15) is 0 Å². The van der Waals surface area contributed by atoms with Crippen molar-refractivity contribution in [2.45, 2.75) is 39.0 Å². The second kappa shape index (κ2) is 15.3. The third-order valence-electron chi connectivity index (χ3n) is 6.01. The van der Waals surface area contributed by atoms with Crippen LogP contribution in [0.25, 0.3) is 11.3 Å². The SMILES string of the molecule is CCOC(=O)/C(=C/CCCC(N)=O)N(NC(=O)c1ccc(-c2cc(Cl)ccc2OC)[nH]1)C(=O)CCc1ccccc1. The number of methoxy groups -OCH3 is 1. The monoisotopic (exact) mass is 580 g/mol. The summed E-state index contributed by atoms with van der Waals surface area (Å²) in [5.74, 6) is -1.93. The predicted octanol–water partition coefficient (Wildman–Crippen LogP) is 4.55. The number of ether oxygens (including phenoxy) is 2. The van der Waals surface area contributed by atoms with Crippen LogP contribution in [-0.2, 0) is 25.5 Å². The highest BCUT2D eigenvalue weighted by atomic mass is 35.5. The predicted molar refractivity (Wildman–Crippen MR) is 155 cm³/mol. The highest BCUT2D eigenvalue weighted by molar-refractivity contribution is 6.31. The van der Waals surface area contributed by atoms with E-state index in [2.05, 4.69) is 10.4 Å². The van der Waals surface area contributed by atoms with Crippen molar-refractivity contribution in [2.24, 2.45) is 5.73 Å². The number of nitrogens with zero attached hydrogens (tertiary/aromatic N) is 1. The van der Waals surface area contributed by atoms with E-state index < -0.39 is 23.7 Å². The number of carbonyl (C=O) groups is 4. The number of benzene rings is 2.